The van der Waals surface area contributed by atoms with E-state index in [0.717, 1.165) is 5.56 Å². The number of anilines is 1. The molecule has 0 aliphatic carbocycles. The van der Waals surface area contributed by atoms with Gasteiger partial charge in [0.15, 0.2) is 5.82 Å². The SMILES string of the molecule is COc1ccccc1-c1nc(NCCNC(=O)OC(C)(C)C)n[nH]1. The monoisotopic (exact) mass is 333 g/mol. The molecule has 1 heterocycles. The van der Waals surface area contributed by atoms with Crippen LogP contribution in [0.15, 0.2) is 24.3 Å². The van der Waals surface area contributed by atoms with Crippen LogP contribution in [0.3, 0.4) is 0 Å². The summed E-state index contributed by atoms with van der Waals surface area (Å²) in [6.45, 7) is 6.32. The summed E-state index contributed by atoms with van der Waals surface area (Å²) in [6.07, 6.45) is -0.450. The van der Waals surface area contributed by atoms with Crippen LogP contribution in [0.5, 0.6) is 5.75 Å². The van der Waals surface area contributed by atoms with Gasteiger partial charge in [0.1, 0.15) is 11.4 Å². The quantitative estimate of drug-likeness (QED) is 0.702. The third-order valence-electron chi connectivity index (χ3n) is 2.92. The van der Waals surface area contributed by atoms with Crippen LogP contribution in [-0.4, -0.2) is 47.1 Å². The molecular weight excluding hydrogens is 310 g/mol. The minimum atomic E-state index is -0.509. The maximum absolute atomic E-state index is 11.5. The number of hydrogen-bond donors (Lipinski definition) is 3. The Bertz CT molecular complexity index is 678. The molecule has 0 bridgehead atoms. The van der Waals surface area contributed by atoms with Gasteiger partial charge in [0.05, 0.1) is 12.7 Å². The molecule has 1 aromatic heterocycles. The molecule has 1 amide bonds. The summed E-state index contributed by atoms with van der Waals surface area (Å²) >= 11 is 0. The molecule has 0 atom stereocenters. The van der Waals surface area contributed by atoms with Crippen molar-refractivity contribution in [2.45, 2.75) is 26.4 Å². The van der Waals surface area contributed by atoms with Gasteiger partial charge >= 0.3 is 6.09 Å². The first kappa shape index (κ1) is 17.6. The van der Waals surface area contributed by atoms with Crippen molar-refractivity contribution in [2.75, 3.05) is 25.5 Å². The minimum Gasteiger partial charge on any atom is -0.496 e. The Balaban J connectivity index is 1.83. The number of amides is 1. The normalized spacial score (nSPS) is 11.0. The second-order valence-corrected chi connectivity index (χ2v) is 6.06. The molecule has 0 fully saturated rings. The molecule has 0 aliphatic rings. The second kappa shape index (κ2) is 7.67. The van der Waals surface area contributed by atoms with E-state index in [2.05, 4.69) is 25.8 Å². The minimum absolute atomic E-state index is 0.396. The van der Waals surface area contributed by atoms with E-state index in [9.17, 15) is 4.79 Å². The number of benzene rings is 1. The molecule has 0 saturated heterocycles. The number of carbonyl (C=O) groups is 1. The van der Waals surface area contributed by atoms with E-state index in [1.165, 1.54) is 0 Å². The Morgan fingerprint density at radius 3 is 2.71 bits per heavy atom. The third-order valence-corrected chi connectivity index (χ3v) is 2.92. The van der Waals surface area contributed by atoms with Crippen LogP contribution in [0, 0.1) is 0 Å². The number of hydrogen-bond acceptors (Lipinski definition) is 6. The van der Waals surface area contributed by atoms with Gasteiger partial charge in [-0.05, 0) is 32.9 Å². The Labute approximate surface area is 141 Å². The number of carbonyl (C=O) groups excluding carboxylic acids is 1. The van der Waals surface area contributed by atoms with Crippen molar-refractivity contribution in [2.24, 2.45) is 0 Å². The van der Waals surface area contributed by atoms with Gasteiger partial charge in [0.25, 0.3) is 0 Å². The highest BCUT2D eigenvalue weighted by molar-refractivity contribution is 5.67. The Morgan fingerprint density at radius 1 is 1.25 bits per heavy atom. The lowest BCUT2D eigenvalue weighted by molar-refractivity contribution is 0.0530. The lowest BCUT2D eigenvalue weighted by atomic mass is 10.2. The first-order chi connectivity index (χ1) is 11.4. The Kier molecular flexibility index (Phi) is 5.62. The molecular formula is C16H23N5O3. The van der Waals surface area contributed by atoms with E-state index in [-0.39, 0.29) is 0 Å². The summed E-state index contributed by atoms with van der Waals surface area (Å²) in [5, 5.41) is 12.6. The number of aromatic nitrogens is 3. The average Bonchev–Trinajstić information content (AvgIpc) is 2.98. The lowest BCUT2D eigenvalue weighted by Crippen LogP contribution is -2.35. The van der Waals surface area contributed by atoms with Gasteiger partial charge in [-0.25, -0.2) is 4.79 Å². The van der Waals surface area contributed by atoms with Crippen molar-refractivity contribution in [1.82, 2.24) is 20.5 Å². The number of H-pyrrole nitrogens is 1. The van der Waals surface area contributed by atoms with Crippen LogP contribution >= 0.6 is 0 Å². The summed E-state index contributed by atoms with van der Waals surface area (Å²) in [4.78, 5) is 15.9. The third kappa shape index (κ3) is 5.15. The van der Waals surface area contributed by atoms with Gasteiger partial charge in [0, 0.05) is 13.1 Å². The maximum atomic E-state index is 11.5. The predicted octanol–water partition coefficient (Wildman–Crippen LogP) is 2.42. The van der Waals surface area contributed by atoms with Crippen molar-refractivity contribution >= 4 is 12.0 Å². The highest BCUT2D eigenvalue weighted by Gasteiger charge is 2.15. The number of alkyl carbamates (subject to hydrolysis) is 1. The number of para-hydroxylation sites is 1. The van der Waals surface area contributed by atoms with Crippen LogP contribution in [-0.2, 0) is 4.74 Å². The van der Waals surface area contributed by atoms with Gasteiger partial charge in [-0.15, -0.1) is 5.10 Å². The number of nitrogens with zero attached hydrogens (tertiary/aromatic N) is 2. The molecule has 130 valence electrons. The fourth-order valence-electron chi connectivity index (χ4n) is 1.95. The molecule has 24 heavy (non-hydrogen) atoms. The lowest BCUT2D eigenvalue weighted by Gasteiger charge is -2.19. The molecule has 2 aromatic rings. The van der Waals surface area contributed by atoms with E-state index in [4.69, 9.17) is 9.47 Å². The van der Waals surface area contributed by atoms with Gasteiger partial charge < -0.3 is 20.1 Å². The zero-order valence-electron chi connectivity index (χ0n) is 14.3. The molecule has 0 spiro atoms. The highest BCUT2D eigenvalue weighted by atomic mass is 16.6. The second-order valence-electron chi connectivity index (χ2n) is 6.06. The smallest absolute Gasteiger partial charge is 0.407 e. The summed E-state index contributed by atoms with van der Waals surface area (Å²) in [6, 6.07) is 7.54. The van der Waals surface area contributed by atoms with Crippen molar-refractivity contribution in [3.05, 3.63) is 24.3 Å². The number of aromatic amines is 1. The largest absolute Gasteiger partial charge is 0.496 e. The Morgan fingerprint density at radius 2 is 2.00 bits per heavy atom. The average molecular weight is 333 g/mol. The number of nitrogens with one attached hydrogen (secondary N) is 3. The van der Waals surface area contributed by atoms with E-state index < -0.39 is 11.7 Å². The van der Waals surface area contributed by atoms with E-state index in [1.807, 2.05) is 45.0 Å². The fraction of sp³-hybridized carbons (Fsp3) is 0.438. The fourth-order valence-corrected chi connectivity index (χ4v) is 1.95. The molecule has 8 heteroatoms. The molecule has 2 rings (SSSR count). The van der Waals surface area contributed by atoms with Crippen LogP contribution in [0.25, 0.3) is 11.4 Å². The molecule has 0 radical (unpaired) electrons. The van der Waals surface area contributed by atoms with E-state index in [0.29, 0.717) is 30.6 Å². The van der Waals surface area contributed by atoms with Crippen molar-refractivity contribution < 1.29 is 14.3 Å². The van der Waals surface area contributed by atoms with Gasteiger partial charge in [-0.3, -0.25) is 5.10 Å². The van der Waals surface area contributed by atoms with Crippen LogP contribution in [0.1, 0.15) is 20.8 Å². The molecule has 8 nitrogen and oxygen atoms in total. The van der Waals surface area contributed by atoms with Crippen molar-refractivity contribution in [1.29, 1.82) is 0 Å². The zero-order chi connectivity index (χ0) is 17.6. The molecule has 0 saturated carbocycles. The number of methoxy groups -OCH3 is 1. The predicted molar refractivity (Wildman–Crippen MR) is 91.1 cm³/mol. The topological polar surface area (TPSA) is 101 Å². The van der Waals surface area contributed by atoms with Crippen molar-refractivity contribution in [3.8, 4) is 17.1 Å². The first-order valence-electron chi connectivity index (χ1n) is 7.65. The molecule has 3 N–H and O–H groups in total. The van der Waals surface area contributed by atoms with E-state index in [1.54, 1.807) is 7.11 Å². The summed E-state index contributed by atoms with van der Waals surface area (Å²) < 4.78 is 10.5. The molecule has 0 unspecified atom stereocenters. The maximum Gasteiger partial charge on any atom is 0.407 e. The number of rotatable bonds is 6. The first-order valence-corrected chi connectivity index (χ1v) is 7.65. The summed E-state index contributed by atoms with van der Waals surface area (Å²) in [5.41, 5.74) is 0.317. The highest BCUT2D eigenvalue weighted by Crippen LogP contribution is 2.26. The zero-order valence-corrected chi connectivity index (χ0v) is 14.3. The van der Waals surface area contributed by atoms with Gasteiger partial charge in [-0.1, -0.05) is 12.1 Å². The standard InChI is InChI=1S/C16H23N5O3/c1-16(2,3)24-15(22)18-10-9-17-14-19-13(20-21-14)11-7-5-6-8-12(11)23-4/h5-8H,9-10H2,1-4H3,(H,18,22)(H2,17,19,20,21). The number of ether oxygens (including phenoxy) is 2. The van der Waals surface area contributed by atoms with Crippen LogP contribution in [0.2, 0.25) is 0 Å². The van der Waals surface area contributed by atoms with Crippen LogP contribution < -0.4 is 15.4 Å². The summed E-state index contributed by atoms with van der Waals surface area (Å²) in [7, 11) is 1.61. The Hall–Kier alpha value is -2.77. The molecule has 0 aliphatic heterocycles. The van der Waals surface area contributed by atoms with Crippen LogP contribution in [0.4, 0.5) is 10.7 Å². The van der Waals surface area contributed by atoms with Crippen molar-refractivity contribution in [3.63, 3.8) is 0 Å². The summed E-state index contributed by atoms with van der Waals surface area (Å²) in [5.74, 6) is 1.77. The van der Waals surface area contributed by atoms with E-state index >= 15 is 0 Å². The van der Waals surface area contributed by atoms with Gasteiger partial charge in [-0.2, -0.15) is 4.98 Å². The van der Waals surface area contributed by atoms with Gasteiger partial charge in [0.2, 0.25) is 5.95 Å². The molecule has 1 aromatic carbocycles.